The Morgan fingerprint density at radius 2 is 1.85 bits per heavy atom. The van der Waals surface area contributed by atoms with Crippen LogP contribution in [-0.2, 0) is 6.54 Å². The molecule has 0 amide bonds. The molecule has 0 unspecified atom stereocenters. The van der Waals surface area contributed by atoms with Gasteiger partial charge in [-0.05, 0) is 39.9 Å². The van der Waals surface area contributed by atoms with Crippen LogP contribution in [0.25, 0.3) is 11.3 Å². The Hall–Kier alpha value is -1.61. The maximum atomic E-state index is 4.94. The van der Waals surface area contributed by atoms with Gasteiger partial charge >= 0.3 is 0 Å². The van der Waals surface area contributed by atoms with Gasteiger partial charge in [0.1, 0.15) is 5.82 Å². The number of imidazole rings is 1. The number of nitrogens with zero attached hydrogens (tertiary/aromatic N) is 3. The van der Waals surface area contributed by atoms with E-state index >= 15 is 0 Å². The first-order valence-corrected chi connectivity index (χ1v) is 7.59. The average molecular weight is 269 g/mol. The number of piperidine rings is 1. The fourth-order valence-corrected chi connectivity index (χ4v) is 3.02. The van der Waals surface area contributed by atoms with Crippen molar-refractivity contribution in [2.45, 2.75) is 32.2 Å². The number of hydrogen-bond donors (Lipinski definition) is 0. The predicted molar refractivity (Wildman–Crippen MR) is 82.8 cm³/mol. The second-order valence-electron chi connectivity index (χ2n) is 5.71. The number of benzene rings is 1. The van der Waals surface area contributed by atoms with Crippen LogP contribution in [0.15, 0.2) is 36.5 Å². The van der Waals surface area contributed by atoms with E-state index in [0.29, 0.717) is 5.92 Å². The van der Waals surface area contributed by atoms with Crippen LogP contribution in [0.4, 0.5) is 0 Å². The van der Waals surface area contributed by atoms with Gasteiger partial charge in [0.05, 0.1) is 5.69 Å². The fourth-order valence-electron chi connectivity index (χ4n) is 3.02. The van der Waals surface area contributed by atoms with Crippen LogP contribution in [0, 0.1) is 0 Å². The summed E-state index contributed by atoms with van der Waals surface area (Å²) >= 11 is 0. The van der Waals surface area contributed by atoms with E-state index in [9.17, 15) is 0 Å². The highest BCUT2D eigenvalue weighted by Crippen LogP contribution is 2.29. The number of aromatic nitrogens is 2. The monoisotopic (exact) mass is 269 g/mol. The molecule has 3 nitrogen and oxygen atoms in total. The number of aryl methyl sites for hydroxylation is 1. The molecule has 0 atom stereocenters. The first kappa shape index (κ1) is 13.4. The minimum atomic E-state index is 0.614. The summed E-state index contributed by atoms with van der Waals surface area (Å²) in [7, 11) is 2.21. The van der Waals surface area contributed by atoms with Gasteiger partial charge in [-0.25, -0.2) is 4.98 Å². The standard InChI is InChI=1S/C17H23N3/c1-3-20-13-16(14-7-5-4-6-8-14)18-17(20)15-9-11-19(2)12-10-15/h4-8,13,15H,3,9-12H2,1-2H3. The van der Waals surface area contributed by atoms with E-state index in [1.54, 1.807) is 0 Å². The molecule has 1 saturated heterocycles. The third-order valence-electron chi connectivity index (χ3n) is 4.30. The first-order valence-electron chi connectivity index (χ1n) is 7.59. The van der Waals surface area contributed by atoms with Crippen molar-refractivity contribution >= 4 is 0 Å². The molecule has 1 aromatic carbocycles. The molecule has 20 heavy (non-hydrogen) atoms. The van der Waals surface area contributed by atoms with E-state index in [2.05, 4.69) is 60.0 Å². The lowest BCUT2D eigenvalue weighted by molar-refractivity contribution is 0.249. The molecule has 1 aliphatic rings. The highest BCUT2D eigenvalue weighted by Gasteiger charge is 2.23. The SMILES string of the molecule is CCn1cc(-c2ccccc2)nc1C1CCN(C)CC1. The van der Waals surface area contributed by atoms with Crippen LogP contribution in [0.5, 0.6) is 0 Å². The lowest BCUT2D eigenvalue weighted by Gasteiger charge is -2.28. The van der Waals surface area contributed by atoms with Crippen LogP contribution in [0.2, 0.25) is 0 Å². The van der Waals surface area contributed by atoms with Gasteiger partial charge in [0.25, 0.3) is 0 Å². The summed E-state index contributed by atoms with van der Waals surface area (Å²) in [6, 6.07) is 10.5. The van der Waals surface area contributed by atoms with Gasteiger partial charge in [0.15, 0.2) is 0 Å². The van der Waals surface area contributed by atoms with Crippen molar-refractivity contribution in [2.24, 2.45) is 0 Å². The largest absolute Gasteiger partial charge is 0.334 e. The summed E-state index contributed by atoms with van der Waals surface area (Å²) in [5.41, 5.74) is 2.33. The van der Waals surface area contributed by atoms with E-state index in [4.69, 9.17) is 4.98 Å². The molecule has 0 aliphatic carbocycles. The summed E-state index contributed by atoms with van der Waals surface area (Å²) in [6.07, 6.45) is 4.66. The van der Waals surface area contributed by atoms with E-state index in [0.717, 1.165) is 12.2 Å². The molecule has 2 aromatic rings. The molecule has 3 heteroatoms. The minimum Gasteiger partial charge on any atom is -0.334 e. The van der Waals surface area contributed by atoms with Crippen molar-refractivity contribution in [3.63, 3.8) is 0 Å². The Morgan fingerprint density at radius 1 is 1.15 bits per heavy atom. The number of hydrogen-bond acceptors (Lipinski definition) is 2. The zero-order valence-electron chi connectivity index (χ0n) is 12.4. The van der Waals surface area contributed by atoms with Gasteiger partial charge in [0.2, 0.25) is 0 Å². The first-order chi connectivity index (χ1) is 9.78. The van der Waals surface area contributed by atoms with E-state index in [1.165, 1.54) is 37.3 Å². The lowest BCUT2D eigenvalue weighted by atomic mass is 9.96. The van der Waals surface area contributed by atoms with Crippen molar-refractivity contribution in [1.82, 2.24) is 14.5 Å². The van der Waals surface area contributed by atoms with Gasteiger partial charge < -0.3 is 9.47 Å². The predicted octanol–water partition coefficient (Wildman–Crippen LogP) is 3.38. The Labute approximate surface area is 121 Å². The molecular weight excluding hydrogens is 246 g/mol. The summed E-state index contributed by atoms with van der Waals surface area (Å²) < 4.78 is 2.33. The summed E-state index contributed by atoms with van der Waals surface area (Å²) in [6.45, 7) is 5.57. The van der Waals surface area contributed by atoms with Crippen molar-refractivity contribution in [2.75, 3.05) is 20.1 Å². The van der Waals surface area contributed by atoms with Gasteiger partial charge in [-0.2, -0.15) is 0 Å². The molecule has 0 spiro atoms. The highest BCUT2D eigenvalue weighted by molar-refractivity contribution is 5.58. The number of rotatable bonds is 3. The molecule has 0 radical (unpaired) electrons. The minimum absolute atomic E-state index is 0.614. The maximum Gasteiger partial charge on any atom is 0.112 e. The van der Waals surface area contributed by atoms with Crippen molar-refractivity contribution in [3.05, 3.63) is 42.4 Å². The molecule has 106 valence electrons. The maximum absolute atomic E-state index is 4.94. The second kappa shape index (κ2) is 5.80. The molecule has 1 aromatic heterocycles. The summed E-state index contributed by atoms with van der Waals surface area (Å²) in [5.74, 6) is 1.89. The van der Waals surface area contributed by atoms with Gasteiger partial charge in [-0.3, -0.25) is 0 Å². The van der Waals surface area contributed by atoms with Gasteiger partial charge in [-0.15, -0.1) is 0 Å². The third kappa shape index (κ3) is 2.63. The quantitative estimate of drug-likeness (QED) is 0.851. The molecule has 0 N–H and O–H groups in total. The van der Waals surface area contributed by atoms with Crippen LogP contribution in [0.3, 0.4) is 0 Å². The molecule has 0 bridgehead atoms. The van der Waals surface area contributed by atoms with E-state index < -0.39 is 0 Å². The van der Waals surface area contributed by atoms with Crippen LogP contribution in [0.1, 0.15) is 31.5 Å². The Kier molecular flexibility index (Phi) is 3.88. The van der Waals surface area contributed by atoms with Crippen LogP contribution in [-0.4, -0.2) is 34.6 Å². The lowest BCUT2D eigenvalue weighted by Crippen LogP contribution is -2.30. The van der Waals surface area contributed by atoms with Crippen molar-refractivity contribution < 1.29 is 0 Å². The Morgan fingerprint density at radius 3 is 2.50 bits per heavy atom. The fraction of sp³-hybridized carbons (Fsp3) is 0.471. The Bertz CT molecular complexity index is 551. The average Bonchev–Trinajstić information content (AvgIpc) is 2.93. The van der Waals surface area contributed by atoms with Crippen LogP contribution < -0.4 is 0 Å². The van der Waals surface area contributed by atoms with Gasteiger partial charge in [0, 0.05) is 24.2 Å². The molecular formula is C17H23N3. The molecule has 0 saturated carbocycles. The molecule has 3 rings (SSSR count). The normalized spacial score (nSPS) is 17.5. The zero-order valence-corrected chi connectivity index (χ0v) is 12.4. The smallest absolute Gasteiger partial charge is 0.112 e. The molecule has 1 fully saturated rings. The summed E-state index contributed by atoms with van der Waals surface area (Å²) in [5, 5.41) is 0. The highest BCUT2D eigenvalue weighted by atomic mass is 15.1. The molecule has 1 aliphatic heterocycles. The van der Waals surface area contributed by atoms with E-state index in [-0.39, 0.29) is 0 Å². The van der Waals surface area contributed by atoms with Crippen molar-refractivity contribution in [1.29, 1.82) is 0 Å². The topological polar surface area (TPSA) is 21.1 Å². The third-order valence-corrected chi connectivity index (χ3v) is 4.30. The summed E-state index contributed by atoms with van der Waals surface area (Å²) in [4.78, 5) is 7.35. The Balaban J connectivity index is 1.89. The van der Waals surface area contributed by atoms with Crippen molar-refractivity contribution in [3.8, 4) is 11.3 Å². The van der Waals surface area contributed by atoms with Gasteiger partial charge in [-0.1, -0.05) is 30.3 Å². The second-order valence-corrected chi connectivity index (χ2v) is 5.71. The van der Waals surface area contributed by atoms with Crippen LogP contribution >= 0.6 is 0 Å². The van der Waals surface area contributed by atoms with E-state index in [1.807, 2.05) is 0 Å². The zero-order chi connectivity index (χ0) is 13.9. The number of likely N-dealkylation sites (tertiary alicyclic amines) is 1. The molecule has 2 heterocycles.